The van der Waals surface area contributed by atoms with Crippen molar-refractivity contribution in [2.75, 3.05) is 33.3 Å². The van der Waals surface area contributed by atoms with E-state index in [0.29, 0.717) is 5.75 Å². The number of benzene rings is 2. The maximum atomic E-state index is 9.81. The van der Waals surface area contributed by atoms with Crippen molar-refractivity contribution in [1.82, 2.24) is 9.80 Å². The van der Waals surface area contributed by atoms with Crippen molar-refractivity contribution >= 4 is 0 Å². The first-order chi connectivity index (χ1) is 19.5. The normalized spacial score (nSPS) is 14.8. The Kier molecular flexibility index (Phi) is 13.9. The molecule has 0 unspecified atom stereocenters. The molecule has 0 amide bonds. The van der Waals surface area contributed by atoms with Crippen molar-refractivity contribution in [3.05, 3.63) is 101 Å². The summed E-state index contributed by atoms with van der Waals surface area (Å²) in [5.74, 6) is 1.19. The number of aryl methyl sites for hydroxylation is 2. The Balaban J connectivity index is 1.44. The summed E-state index contributed by atoms with van der Waals surface area (Å²) in [6.07, 6.45) is 18.1. The van der Waals surface area contributed by atoms with Gasteiger partial charge in [0.15, 0.2) is 0 Å². The molecule has 0 atom stereocenters. The fraction of sp³-hybridized carbons (Fsp3) is 0.500. The van der Waals surface area contributed by atoms with E-state index in [9.17, 15) is 5.11 Å². The molecule has 0 aliphatic carbocycles. The maximum Gasteiger partial charge on any atom is 0.120 e. The topological polar surface area (TPSA) is 35.9 Å². The standard InChI is InChI=1S/C36H52N2O2/c1-5-33-21-22-35(39)28-34(33)15-11-7-8-12-16-36(40-4)27-30(3)38(6-2)29-32-19-17-31(18-20-32)23-26-37-24-13-9-10-14-25-37/h12,16-22,27-28,39H,3,5-11,13-15,23-26,29H2,1-2,4H3/b16-12-,36-27+. The fourth-order valence-electron chi connectivity index (χ4n) is 5.49. The van der Waals surface area contributed by atoms with Crippen LogP contribution < -0.4 is 0 Å². The second-order valence-corrected chi connectivity index (χ2v) is 11.0. The van der Waals surface area contributed by atoms with Crippen molar-refractivity contribution in [3.63, 3.8) is 0 Å². The van der Waals surface area contributed by atoms with Crippen molar-refractivity contribution < 1.29 is 9.84 Å². The molecule has 1 N–H and O–H groups in total. The molecule has 0 bridgehead atoms. The van der Waals surface area contributed by atoms with E-state index in [0.717, 1.165) is 63.1 Å². The summed E-state index contributed by atoms with van der Waals surface area (Å²) in [4.78, 5) is 4.93. The third kappa shape index (κ3) is 10.9. The maximum absolute atomic E-state index is 9.81. The van der Waals surface area contributed by atoms with E-state index in [1.165, 1.54) is 67.6 Å². The summed E-state index contributed by atoms with van der Waals surface area (Å²) < 4.78 is 5.64. The van der Waals surface area contributed by atoms with Gasteiger partial charge in [-0.2, -0.15) is 0 Å². The van der Waals surface area contributed by atoms with Gasteiger partial charge in [-0.05, 0) is 112 Å². The second-order valence-electron chi connectivity index (χ2n) is 11.0. The third-order valence-electron chi connectivity index (χ3n) is 8.06. The van der Waals surface area contributed by atoms with Crippen LogP contribution in [0.5, 0.6) is 5.75 Å². The average Bonchev–Trinajstić information content (AvgIpc) is 3.25. The molecule has 0 aromatic heterocycles. The van der Waals surface area contributed by atoms with Crippen LogP contribution in [0.3, 0.4) is 0 Å². The number of nitrogens with zero attached hydrogens (tertiary/aromatic N) is 2. The summed E-state index contributed by atoms with van der Waals surface area (Å²) >= 11 is 0. The first kappa shape index (κ1) is 31.5. The average molecular weight is 545 g/mol. The highest BCUT2D eigenvalue weighted by Gasteiger charge is 2.10. The van der Waals surface area contributed by atoms with Crippen LogP contribution in [0, 0.1) is 0 Å². The Labute approximate surface area is 244 Å². The number of unbranched alkanes of at least 4 members (excludes halogenated alkanes) is 2. The number of methoxy groups -OCH3 is 1. The minimum atomic E-state index is 0.360. The number of phenols is 1. The lowest BCUT2D eigenvalue weighted by Gasteiger charge is -2.24. The number of likely N-dealkylation sites (N-methyl/N-ethyl adjacent to an activating group) is 1. The van der Waals surface area contributed by atoms with E-state index >= 15 is 0 Å². The molecule has 1 saturated heterocycles. The van der Waals surface area contributed by atoms with Crippen LogP contribution in [-0.2, 0) is 30.5 Å². The molecule has 4 nitrogen and oxygen atoms in total. The monoisotopic (exact) mass is 544 g/mol. The summed E-state index contributed by atoms with van der Waals surface area (Å²) in [7, 11) is 1.72. The third-order valence-corrected chi connectivity index (χ3v) is 8.06. The first-order valence-electron chi connectivity index (χ1n) is 15.5. The minimum absolute atomic E-state index is 0.360. The van der Waals surface area contributed by atoms with E-state index in [1.54, 1.807) is 13.2 Å². The summed E-state index contributed by atoms with van der Waals surface area (Å²) in [6.45, 7) is 14.1. The van der Waals surface area contributed by atoms with Gasteiger partial charge in [0, 0.05) is 31.4 Å². The Morgan fingerprint density at radius 2 is 1.68 bits per heavy atom. The van der Waals surface area contributed by atoms with Crippen LogP contribution in [0.4, 0.5) is 0 Å². The molecule has 2 aromatic rings. The van der Waals surface area contributed by atoms with Crippen LogP contribution in [0.2, 0.25) is 0 Å². The predicted molar refractivity (Wildman–Crippen MR) is 170 cm³/mol. The molecule has 4 heteroatoms. The molecule has 0 radical (unpaired) electrons. The number of hydrogen-bond donors (Lipinski definition) is 1. The number of rotatable bonds is 16. The number of likely N-dealkylation sites (tertiary alicyclic amines) is 1. The van der Waals surface area contributed by atoms with Gasteiger partial charge in [0.05, 0.1) is 7.11 Å². The van der Waals surface area contributed by atoms with Gasteiger partial charge >= 0.3 is 0 Å². The molecule has 1 fully saturated rings. The van der Waals surface area contributed by atoms with Crippen LogP contribution in [-0.4, -0.2) is 48.2 Å². The minimum Gasteiger partial charge on any atom is -0.508 e. The zero-order chi connectivity index (χ0) is 28.6. The summed E-state index contributed by atoms with van der Waals surface area (Å²) in [5.41, 5.74) is 6.29. The highest BCUT2D eigenvalue weighted by molar-refractivity contribution is 5.35. The summed E-state index contributed by atoms with van der Waals surface area (Å²) in [6, 6.07) is 14.9. The Bertz CT molecular complexity index is 1080. The van der Waals surface area contributed by atoms with Crippen molar-refractivity contribution in [2.45, 2.75) is 84.6 Å². The highest BCUT2D eigenvalue weighted by atomic mass is 16.5. The lowest BCUT2D eigenvalue weighted by molar-refractivity contribution is 0.289. The van der Waals surface area contributed by atoms with E-state index in [1.807, 2.05) is 18.2 Å². The lowest BCUT2D eigenvalue weighted by atomic mass is 9.99. The van der Waals surface area contributed by atoms with Gasteiger partial charge in [0.1, 0.15) is 11.5 Å². The molecule has 0 spiro atoms. The second kappa shape index (κ2) is 17.7. The zero-order valence-corrected chi connectivity index (χ0v) is 25.3. The van der Waals surface area contributed by atoms with Gasteiger partial charge in [-0.25, -0.2) is 0 Å². The zero-order valence-electron chi connectivity index (χ0n) is 25.3. The van der Waals surface area contributed by atoms with Crippen molar-refractivity contribution in [3.8, 4) is 5.75 Å². The van der Waals surface area contributed by atoms with E-state index in [-0.39, 0.29) is 0 Å². The Hall–Kier alpha value is -2.98. The smallest absolute Gasteiger partial charge is 0.120 e. The van der Waals surface area contributed by atoms with E-state index in [4.69, 9.17) is 4.74 Å². The number of aromatic hydroxyl groups is 1. The molecule has 1 aliphatic rings. The van der Waals surface area contributed by atoms with Crippen LogP contribution in [0.1, 0.15) is 81.0 Å². The Morgan fingerprint density at radius 3 is 2.35 bits per heavy atom. The van der Waals surface area contributed by atoms with Crippen LogP contribution in [0.25, 0.3) is 0 Å². The molecular weight excluding hydrogens is 492 g/mol. The molecule has 0 saturated carbocycles. The molecule has 218 valence electrons. The fourth-order valence-corrected chi connectivity index (χ4v) is 5.49. The number of allylic oxidation sites excluding steroid dienone is 3. The summed E-state index contributed by atoms with van der Waals surface area (Å²) in [5, 5.41) is 9.81. The lowest BCUT2D eigenvalue weighted by Crippen LogP contribution is -2.27. The largest absolute Gasteiger partial charge is 0.508 e. The van der Waals surface area contributed by atoms with Crippen LogP contribution >= 0.6 is 0 Å². The molecule has 1 aliphatic heterocycles. The van der Waals surface area contributed by atoms with Gasteiger partial charge in [-0.1, -0.05) is 62.8 Å². The molecule has 1 heterocycles. The molecular formula is C36H52N2O2. The number of hydrogen-bond acceptors (Lipinski definition) is 4. The van der Waals surface area contributed by atoms with Crippen LogP contribution in [0.15, 0.2) is 78.7 Å². The quantitative estimate of drug-likeness (QED) is 0.131. The van der Waals surface area contributed by atoms with E-state index in [2.05, 4.69) is 66.6 Å². The van der Waals surface area contributed by atoms with Crippen molar-refractivity contribution in [1.29, 1.82) is 0 Å². The van der Waals surface area contributed by atoms with Gasteiger partial charge in [-0.3, -0.25) is 0 Å². The highest BCUT2D eigenvalue weighted by Crippen LogP contribution is 2.20. The van der Waals surface area contributed by atoms with Gasteiger partial charge < -0.3 is 19.6 Å². The van der Waals surface area contributed by atoms with Gasteiger partial charge in [0.25, 0.3) is 0 Å². The molecule has 2 aromatic carbocycles. The Morgan fingerprint density at radius 1 is 0.950 bits per heavy atom. The molecule has 40 heavy (non-hydrogen) atoms. The molecule has 3 rings (SSSR count). The number of phenolic OH excluding ortho intramolecular Hbond substituents is 1. The predicted octanol–water partition coefficient (Wildman–Crippen LogP) is 8.21. The SMILES string of the molecule is C=C(/C=C(\C=C/CCCCc1cc(O)ccc1CC)OC)N(CC)Cc1ccc(CCN2CCCCCC2)cc1. The first-order valence-corrected chi connectivity index (χ1v) is 15.5. The van der Waals surface area contributed by atoms with Crippen molar-refractivity contribution in [2.24, 2.45) is 0 Å². The van der Waals surface area contributed by atoms with Gasteiger partial charge in [-0.15, -0.1) is 0 Å². The van der Waals surface area contributed by atoms with Gasteiger partial charge in [0.2, 0.25) is 0 Å². The van der Waals surface area contributed by atoms with E-state index < -0.39 is 0 Å². The number of ether oxygens (including phenoxy) is 1.